The van der Waals surface area contributed by atoms with Gasteiger partial charge in [-0.15, -0.1) is 24.0 Å². The number of halogens is 2. The summed E-state index contributed by atoms with van der Waals surface area (Å²) in [5.41, 5.74) is 0. The number of nitrogens with zero attached hydrogens (tertiary/aromatic N) is 2. The van der Waals surface area contributed by atoms with Crippen molar-refractivity contribution in [1.82, 2.24) is 15.5 Å². The van der Waals surface area contributed by atoms with E-state index in [0.717, 1.165) is 22.8 Å². The van der Waals surface area contributed by atoms with Crippen LogP contribution in [0.2, 0.25) is 5.02 Å². The molecule has 1 saturated carbocycles. The maximum Gasteiger partial charge on any atom is 0.191 e. The standard InChI is InChI=1S/C21H33ClN4O.HI/c1-16(27-20-9-7-17(22)8-10-20)15-24-21(23-2)25-18-11-13-26(14-12-18)19-5-3-4-6-19;/h7-10,16,18-19H,3-6,11-15H2,1-2H3,(H2,23,24,25);1H. The van der Waals surface area contributed by atoms with Crippen LogP contribution >= 0.6 is 35.6 Å². The first-order chi connectivity index (χ1) is 13.1. The summed E-state index contributed by atoms with van der Waals surface area (Å²) in [6.45, 7) is 5.16. The van der Waals surface area contributed by atoms with Crippen LogP contribution in [-0.4, -0.2) is 55.7 Å². The van der Waals surface area contributed by atoms with Gasteiger partial charge >= 0.3 is 0 Å². The predicted octanol–water partition coefficient (Wildman–Crippen LogP) is 4.30. The molecule has 2 aliphatic rings. The van der Waals surface area contributed by atoms with Gasteiger partial charge in [0.15, 0.2) is 5.96 Å². The first-order valence-corrected chi connectivity index (χ1v) is 10.7. The summed E-state index contributed by atoms with van der Waals surface area (Å²) in [5.74, 6) is 1.69. The summed E-state index contributed by atoms with van der Waals surface area (Å²) < 4.78 is 5.91. The number of aliphatic imine (C=N–C) groups is 1. The van der Waals surface area contributed by atoms with Crippen molar-refractivity contribution in [3.63, 3.8) is 0 Å². The van der Waals surface area contributed by atoms with Gasteiger partial charge < -0.3 is 20.3 Å². The van der Waals surface area contributed by atoms with Crippen molar-refractivity contribution in [2.24, 2.45) is 4.99 Å². The Hall–Kier alpha value is -0.730. The molecule has 158 valence electrons. The number of rotatable bonds is 6. The van der Waals surface area contributed by atoms with Gasteiger partial charge in [0, 0.05) is 37.2 Å². The van der Waals surface area contributed by atoms with Crippen LogP contribution in [0.5, 0.6) is 5.75 Å². The molecule has 0 radical (unpaired) electrons. The molecule has 7 heteroatoms. The largest absolute Gasteiger partial charge is 0.489 e. The van der Waals surface area contributed by atoms with E-state index in [-0.39, 0.29) is 30.1 Å². The lowest BCUT2D eigenvalue weighted by Crippen LogP contribution is -2.51. The summed E-state index contributed by atoms with van der Waals surface area (Å²) in [7, 11) is 1.83. The van der Waals surface area contributed by atoms with Crippen LogP contribution in [0.25, 0.3) is 0 Å². The summed E-state index contributed by atoms with van der Waals surface area (Å²) >= 11 is 5.91. The summed E-state index contributed by atoms with van der Waals surface area (Å²) in [4.78, 5) is 7.07. The lowest BCUT2D eigenvalue weighted by Gasteiger charge is -2.36. The second-order valence-corrected chi connectivity index (χ2v) is 8.16. The Kier molecular flexibility index (Phi) is 10.2. The highest BCUT2D eigenvalue weighted by molar-refractivity contribution is 14.0. The Labute approximate surface area is 191 Å². The second kappa shape index (κ2) is 12.1. The molecule has 2 N–H and O–H groups in total. The maximum atomic E-state index is 5.91. The number of hydrogen-bond acceptors (Lipinski definition) is 3. The summed E-state index contributed by atoms with van der Waals surface area (Å²) in [6.07, 6.45) is 8.03. The molecule has 2 fully saturated rings. The van der Waals surface area contributed by atoms with Crippen LogP contribution in [0.4, 0.5) is 0 Å². The zero-order chi connectivity index (χ0) is 19.1. The van der Waals surface area contributed by atoms with E-state index in [4.69, 9.17) is 16.3 Å². The van der Waals surface area contributed by atoms with Crippen LogP contribution in [0.1, 0.15) is 45.4 Å². The molecule has 1 atom stereocenters. The molecule has 0 bridgehead atoms. The molecule has 1 saturated heterocycles. The maximum absolute atomic E-state index is 5.91. The average molecular weight is 521 g/mol. The van der Waals surface area contributed by atoms with E-state index in [1.54, 1.807) is 0 Å². The van der Waals surface area contributed by atoms with Gasteiger partial charge in [0.1, 0.15) is 11.9 Å². The number of likely N-dealkylation sites (tertiary alicyclic amines) is 1. The highest BCUT2D eigenvalue weighted by Crippen LogP contribution is 2.26. The van der Waals surface area contributed by atoms with Gasteiger partial charge in [-0.25, -0.2) is 0 Å². The minimum atomic E-state index is 0. The van der Waals surface area contributed by atoms with Crippen LogP contribution in [0, 0.1) is 0 Å². The fourth-order valence-electron chi connectivity index (χ4n) is 4.09. The number of hydrogen-bond donors (Lipinski definition) is 2. The van der Waals surface area contributed by atoms with Gasteiger partial charge in [-0.2, -0.15) is 0 Å². The van der Waals surface area contributed by atoms with Crippen LogP contribution in [0.3, 0.4) is 0 Å². The summed E-state index contributed by atoms with van der Waals surface area (Å²) in [6, 6.07) is 8.81. The second-order valence-electron chi connectivity index (χ2n) is 7.73. The molecular weight excluding hydrogens is 487 g/mol. The Bertz CT molecular complexity index is 599. The molecule has 1 aromatic rings. The van der Waals surface area contributed by atoms with Gasteiger partial charge in [-0.3, -0.25) is 4.99 Å². The molecular formula is C21H34ClIN4O. The number of benzene rings is 1. The highest BCUT2D eigenvalue weighted by Gasteiger charge is 2.27. The fraction of sp³-hybridized carbons (Fsp3) is 0.667. The van der Waals surface area contributed by atoms with Crippen molar-refractivity contribution in [3.8, 4) is 5.75 Å². The quantitative estimate of drug-likeness (QED) is 0.334. The fourth-order valence-corrected chi connectivity index (χ4v) is 4.22. The molecule has 1 aliphatic carbocycles. The van der Waals surface area contributed by atoms with Crippen LogP contribution in [-0.2, 0) is 0 Å². The van der Waals surface area contributed by atoms with Crippen molar-refractivity contribution in [1.29, 1.82) is 0 Å². The predicted molar refractivity (Wildman–Crippen MR) is 128 cm³/mol. The van der Waals surface area contributed by atoms with Crippen molar-refractivity contribution < 1.29 is 4.74 Å². The van der Waals surface area contributed by atoms with Crippen molar-refractivity contribution >= 4 is 41.5 Å². The first kappa shape index (κ1) is 23.5. The highest BCUT2D eigenvalue weighted by atomic mass is 127. The van der Waals surface area contributed by atoms with Crippen molar-refractivity contribution in [2.45, 2.75) is 63.6 Å². The molecule has 28 heavy (non-hydrogen) atoms. The number of guanidine groups is 1. The molecule has 1 aliphatic heterocycles. The lowest BCUT2D eigenvalue weighted by molar-refractivity contribution is 0.150. The van der Waals surface area contributed by atoms with E-state index in [2.05, 4.69) is 27.4 Å². The Morgan fingerprint density at radius 2 is 1.82 bits per heavy atom. The molecule has 0 spiro atoms. The van der Waals surface area contributed by atoms with Gasteiger partial charge in [0.05, 0.1) is 6.54 Å². The van der Waals surface area contributed by atoms with Gasteiger partial charge in [0.2, 0.25) is 0 Å². The van der Waals surface area contributed by atoms with E-state index in [1.165, 1.54) is 51.6 Å². The molecule has 1 heterocycles. The molecule has 5 nitrogen and oxygen atoms in total. The topological polar surface area (TPSA) is 48.9 Å². The monoisotopic (exact) mass is 520 g/mol. The van der Waals surface area contributed by atoms with Gasteiger partial charge in [0.25, 0.3) is 0 Å². The molecule has 1 aromatic carbocycles. The SMILES string of the molecule is CN=C(NCC(C)Oc1ccc(Cl)cc1)NC1CCN(C2CCCC2)CC1.I. The summed E-state index contributed by atoms with van der Waals surface area (Å²) in [5, 5.41) is 7.69. The van der Waals surface area contributed by atoms with Gasteiger partial charge in [-0.1, -0.05) is 24.4 Å². The Morgan fingerprint density at radius 3 is 2.43 bits per heavy atom. The van der Waals surface area contributed by atoms with Crippen molar-refractivity contribution in [3.05, 3.63) is 29.3 Å². The minimum absolute atomic E-state index is 0. The number of ether oxygens (including phenoxy) is 1. The normalized spacial score (nSPS) is 20.5. The third-order valence-corrected chi connectivity index (χ3v) is 5.89. The molecule has 1 unspecified atom stereocenters. The Balaban J connectivity index is 0.00000280. The number of nitrogens with one attached hydrogen (secondary N) is 2. The lowest BCUT2D eigenvalue weighted by atomic mass is 10.0. The minimum Gasteiger partial charge on any atom is -0.489 e. The molecule has 3 rings (SSSR count). The van der Waals surface area contributed by atoms with E-state index in [0.29, 0.717) is 12.6 Å². The molecule has 0 amide bonds. The van der Waals surface area contributed by atoms with Crippen LogP contribution in [0.15, 0.2) is 29.3 Å². The van der Waals surface area contributed by atoms with Crippen LogP contribution < -0.4 is 15.4 Å². The zero-order valence-corrected chi connectivity index (χ0v) is 20.1. The van der Waals surface area contributed by atoms with E-state index in [1.807, 2.05) is 31.3 Å². The first-order valence-electron chi connectivity index (χ1n) is 10.3. The number of piperidine rings is 1. The third-order valence-electron chi connectivity index (χ3n) is 5.64. The van der Waals surface area contributed by atoms with E-state index < -0.39 is 0 Å². The third kappa shape index (κ3) is 7.26. The Morgan fingerprint density at radius 1 is 1.18 bits per heavy atom. The molecule has 0 aromatic heterocycles. The van der Waals surface area contributed by atoms with E-state index >= 15 is 0 Å². The van der Waals surface area contributed by atoms with Crippen molar-refractivity contribution in [2.75, 3.05) is 26.7 Å². The smallest absolute Gasteiger partial charge is 0.191 e. The van der Waals surface area contributed by atoms with Gasteiger partial charge in [-0.05, 0) is 56.9 Å². The zero-order valence-electron chi connectivity index (χ0n) is 17.0. The average Bonchev–Trinajstić information content (AvgIpc) is 3.22. The van der Waals surface area contributed by atoms with E-state index in [9.17, 15) is 0 Å².